The van der Waals surface area contributed by atoms with Gasteiger partial charge >= 0.3 is 0 Å². The molecular weight excluding hydrogens is 392 g/mol. The molecule has 3 heterocycles. The number of carbonyl (C=O) groups is 2. The lowest BCUT2D eigenvalue weighted by atomic mass is 10.1. The maximum Gasteiger partial charge on any atom is 0.227 e. The molecule has 2 aromatic rings. The monoisotopic (exact) mass is 416 g/mol. The first-order valence-corrected chi connectivity index (χ1v) is 11.6. The van der Waals surface area contributed by atoms with Crippen LogP contribution in [0.5, 0.6) is 0 Å². The van der Waals surface area contributed by atoms with Gasteiger partial charge in [-0.3, -0.25) is 9.59 Å². The number of rotatable bonds is 4. The summed E-state index contributed by atoms with van der Waals surface area (Å²) in [5, 5.41) is 4.18. The number of amides is 2. The van der Waals surface area contributed by atoms with Crippen molar-refractivity contribution in [2.75, 3.05) is 37.7 Å². The van der Waals surface area contributed by atoms with Crippen LogP contribution >= 0.6 is 0 Å². The molecule has 2 aliphatic rings. The maximum absolute atomic E-state index is 12.6. The van der Waals surface area contributed by atoms with Crippen LogP contribution < -0.4 is 0 Å². The van der Waals surface area contributed by atoms with Crippen molar-refractivity contribution in [2.45, 2.75) is 12.8 Å². The van der Waals surface area contributed by atoms with Crippen LogP contribution in [0, 0.1) is 5.92 Å². The second kappa shape index (κ2) is 7.98. The van der Waals surface area contributed by atoms with E-state index in [2.05, 4.69) is 5.10 Å². The largest absolute Gasteiger partial charge is 0.339 e. The minimum Gasteiger partial charge on any atom is -0.339 e. The van der Waals surface area contributed by atoms with Gasteiger partial charge in [-0.15, -0.1) is 0 Å². The number of nitrogens with zero attached hydrogens (tertiary/aromatic N) is 4. The highest BCUT2D eigenvalue weighted by Crippen LogP contribution is 2.21. The minimum absolute atomic E-state index is 0.0346. The van der Waals surface area contributed by atoms with Crippen LogP contribution in [-0.2, 0) is 25.8 Å². The number of sulfone groups is 1. The van der Waals surface area contributed by atoms with Crippen molar-refractivity contribution in [2.24, 2.45) is 5.92 Å². The fourth-order valence-corrected chi connectivity index (χ4v) is 5.63. The molecular formula is C20H24N4O4S. The molecule has 2 amide bonds. The first-order chi connectivity index (χ1) is 13.9. The van der Waals surface area contributed by atoms with E-state index < -0.39 is 15.8 Å². The molecule has 0 N–H and O–H groups in total. The van der Waals surface area contributed by atoms with Crippen LogP contribution in [0.1, 0.15) is 12.0 Å². The summed E-state index contributed by atoms with van der Waals surface area (Å²) in [6, 6.07) is 9.57. The molecule has 2 saturated heterocycles. The van der Waals surface area contributed by atoms with E-state index in [0.717, 1.165) is 11.3 Å². The highest BCUT2D eigenvalue weighted by atomic mass is 32.2. The standard InChI is InChI=1S/C20H24N4O4S/c25-19(14-16-2-4-18(5-3-16)24-8-1-7-21-24)22-9-11-23(12-10-22)20(26)17-6-13-29(27,28)15-17/h1-5,7-8,17H,6,9-15H2/t17-/m0/s1. The smallest absolute Gasteiger partial charge is 0.227 e. The Hall–Kier alpha value is -2.68. The van der Waals surface area contributed by atoms with Gasteiger partial charge in [-0.25, -0.2) is 13.1 Å². The quantitative estimate of drug-likeness (QED) is 0.725. The molecule has 0 aliphatic carbocycles. The molecule has 2 fully saturated rings. The van der Waals surface area contributed by atoms with Crippen molar-refractivity contribution in [1.82, 2.24) is 19.6 Å². The lowest BCUT2D eigenvalue weighted by Crippen LogP contribution is -2.52. The Morgan fingerprint density at radius 2 is 1.72 bits per heavy atom. The number of aromatic nitrogens is 2. The summed E-state index contributed by atoms with van der Waals surface area (Å²) < 4.78 is 25.0. The van der Waals surface area contributed by atoms with E-state index in [0.29, 0.717) is 39.0 Å². The van der Waals surface area contributed by atoms with Gasteiger partial charge in [0, 0.05) is 38.6 Å². The van der Waals surface area contributed by atoms with Gasteiger partial charge in [-0.1, -0.05) is 12.1 Å². The van der Waals surface area contributed by atoms with Gasteiger partial charge in [0.2, 0.25) is 11.8 Å². The van der Waals surface area contributed by atoms with Gasteiger partial charge in [0.1, 0.15) is 0 Å². The topological polar surface area (TPSA) is 92.6 Å². The van der Waals surface area contributed by atoms with E-state index in [-0.39, 0.29) is 23.3 Å². The Morgan fingerprint density at radius 1 is 1.03 bits per heavy atom. The average Bonchev–Trinajstić information content (AvgIpc) is 3.38. The number of carbonyl (C=O) groups excluding carboxylic acids is 2. The Balaban J connectivity index is 1.28. The van der Waals surface area contributed by atoms with Gasteiger partial charge in [0.15, 0.2) is 9.84 Å². The number of hydrogen-bond acceptors (Lipinski definition) is 5. The molecule has 0 unspecified atom stereocenters. The summed E-state index contributed by atoms with van der Waals surface area (Å²) in [6.45, 7) is 1.88. The average molecular weight is 417 g/mol. The molecule has 0 saturated carbocycles. The zero-order valence-electron chi connectivity index (χ0n) is 16.1. The van der Waals surface area contributed by atoms with Crippen LogP contribution in [0.3, 0.4) is 0 Å². The van der Waals surface area contributed by atoms with Crippen molar-refractivity contribution >= 4 is 21.7 Å². The van der Waals surface area contributed by atoms with E-state index in [4.69, 9.17) is 0 Å². The number of hydrogen-bond donors (Lipinski definition) is 0. The van der Waals surface area contributed by atoms with E-state index >= 15 is 0 Å². The summed E-state index contributed by atoms with van der Waals surface area (Å²) in [6.07, 6.45) is 4.30. The normalized spacial score (nSPS) is 21.3. The number of benzene rings is 1. The molecule has 1 aromatic carbocycles. The highest BCUT2D eigenvalue weighted by Gasteiger charge is 2.36. The SMILES string of the molecule is O=C(Cc1ccc(-n2cccn2)cc1)N1CCN(C(=O)[C@H]2CCS(=O)(=O)C2)CC1. The molecule has 8 nitrogen and oxygen atoms in total. The maximum atomic E-state index is 12.6. The molecule has 29 heavy (non-hydrogen) atoms. The number of piperazine rings is 1. The van der Waals surface area contributed by atoms with Crippen LogP contribution in [-0.4, -0.2) is 77.5 Å². The van der Waals surface area contributed by atoms with Gasteiger partial charge in [0.25, 0.3) is 0 Å². The second-order valence-corrected chi connectivity index (χ2v) is 9.83. The zero-order chi connectivity index (χ0) is 20.4. The predicted molar refractivity (Wildman–Crippen MR) is 107 cm³/mol. The van der Waals surface area contributed by atoms with E-state index in [1.54, 1.807) is 20.7 Å². The fourth-order valence-electron chi connectivity index (χ4n) is 3.90. The lowest BCUT2D eigenvalue weighted by Gasteiger charge is -2.36. The third kappa shape index (κ3) is 4.50. The van der Waals surface area contributed by atoms with Crippen molar-refractivity contribution in [3.05, 3.63) is 48.3 Å². The summed E-state index contributed by atoms with van der Waals surface area (Å²) >= 11 is 0. The Bertz CT molecular complexity index is 978. The van der Waals surface area contributed by atoms with Crippen LogP contribution in [0.2, 0.25) is 0 Å². The Kier molecular flexibility index (Phi) is 5.40. The van der Waals surface area contributed by atoms with Gasteiger partial charge in [-0.2, -0.15) is 5.10 Å². The van der Waals surface area contributed by atoms with Crippen molar-refractivity contribution in [3.63, 3.8) is 0 Å². The van der Waals surface area contributed by atoms with Crippen LogP contribution in [0.25, 0.3) is 5.69 Å². The summed E-state index contributed by atoms with van der Waals surface area (Å²) in [5.74, 6) is -0.420. The van der Waals surface area contributed by atoms with Gasteiger partial charge in [-0.05, 0) is 30.2 Å². The summed E-state index contributed by atoms with van der Waals surface area (Å²) in [7, 11) is -3.07. The molecule has 9 heteroatoms. The molecule has 0 spiro atoms. The summed E-state index contributed by atoms with van der Waals surface area (Å²) in [5.41, 5.74) is 1.87. The third-order valence-corrected chi connectivity index (χ3v) is 7.35. The van der Waals surface area contributed by atoms with Gasteiger partial charge < -0.3 is 9.80 Å². The third-order valence-electron chi connectivity index (χ3n) is 5.59. The van der Waals surface area contributed by atoms with E-state index in [9.17, 15) is 18.0 Å². The molecule has 0 bridgehead atoms. The first kappa shape index (κ1) is 19.6. The molecule has 1 atom stereocenters. The molecule has 154 valence electrons. The first-order valence-electron chi connectivity index (χ1n) is 9.77. The molecule has 0 radical (unpaired) electrons. The predicted octanol–water partition coefficient (Wildman–Crippen LogP) is 0.520. The van der Waals surface area contributed by atoms with Crippen molar-refractivity contribution < 1.29 is 18.0 Å². The highest BCUT2D eigenvalue weighted by molar-refractivity contribution is 7.91. The van der Waals surface area contributed by atoms with Gasteiger partial charge in [0.05, 0.1) is 29.5 Å². The molecule has 4 rings (SSSR count). The Morgan fingerprint density at radius 3 is 2.31 bits per heavy atom. The fraction of sp³-hybridized carbons (Fsp3) is 0.450. The second-order valence-electron chi connectivity index (χ2n) is 7.60. The summed E-state index contributed by atoms with van der Waals surface area (Å²) in [4.78, 5) is 28.6. The van der Waals surface area contributed by atoms with Crippen molar-refractivity contribution in [1.29, 1.82) is 0 Å². The lowest BCUT2D eigenvalue weighted by molar-refractivity contribution is -0.141. The van der Waals surface area contributed by atoms with E-state index in [1.165, 1.54) is 0 Å². The zero-order valence-corrected chi connectivity index (χ0v) is 16.9. The van der Waals surface area contributed by atoms with Crippen molar-refractivity contribution in [3.8, 4) is 5.69 Å². The van der Waals surface area contributed by atoms with Crippen LogP contribution in [0.15, 0.2) is 42.7 Å². The molecule has 1 aromatic heterocycles. The van der Waals surface area contributed by atoms with E-state index in [1.807, 2.05) is 36.5 Å². The molecule has 2 aliphatic heterocycles. The minimum atomic E-state index is -3.07. The Labute approximate surface area is 170 Å². The van der Waals surface area contributed by atoms with Crippen LogP contribution in [0.4, 0.5) is 0 Å².